The molecular weight excluding hydrogens is 134 g/mol. The second kappa shape index (κ2) is 2.49. The Bertz CT molecular complexity index is 280. The fourth-order valence-electron chi connectivity index (χ4n) is 0.604. The highest BCUT2D eigenvalue weighted by Crippen LogP contribution is 1.90. The van der Waals surface area contributed by atoms with Gasteiger partial charge in [0.1, 0.15) is 18.2 Å². The molecule has 0 atom stereocenters. The van der Waals surface area contributed by atoms with Crippen LogP contribution in [0.25, 0.3) is 0 Å². The molecule has 0 bridgehead atoms. The highest BCUT2D eigenvalue weighted by molar-refractivity contribution is 5.24. The van der Waals surface area contributed by atoms with Gasteiger partial charge in [-0.2, -0.15) is 0 Å². The largest absolute Gasteiger partial charge is 0.388 e. The molecule has 0 amide bonds. The third kappa shape index (κ3) is 1.32. The Kier molecular flexibility index (Phi) is 1.68. The van der Waals surface area contributed by atoms with Crippen molar-refractivity contribution in [2.24, 2.45) is 0 Å². The number of aromatic amines is 1. The summed E-state index contributed by atoms with van der Waals surface area (Å²) in [4.78, 5) is 16.5. The monoisotopic (exact) mass is 141 g/mol. The Morgan fingerprint density at radius 2 is 2.50 bits per heavy atom. The highest BCUT2D eigenvalue weighted by Gasteiger charge is 1.94. The van der Waals surface area contributed by atoms with Gasteiger partial charge in [0.25, 0.3) is 5.56 Å². The predicted molar refractivity (Wildman–Crippen MR) is 35.2 cm³/mol. The normalized spacial score (nSPS) is 9.70. The number of aromatic nitrogens is 2. The van der Waals surface area contributed by atoms with Crippen LogP contribution in [-0.2, 0) is 6.61 Å². The lowest BCUT2D eigenvalue weighted by Gasteiger charge is -1.94. The third-order valence-corrected chi connectivity index (χ3v) is 0.960. The molecule has 1 heterocycles. The van der Waals surface area contributed by atoms with Gasteiger partial charge in [-0.3, -0.25) is 4.79 Å². The molecular formula is C5H7N3O2. The Morgan fingerprint density at radius 1 is 1.80 bits per heavy atom. The van der Waals surface area contributed by atoms with Crippen molar-refractivity contribution in [1.29, 1.82) is 0 Å². The molecule has 0 saturated carbocycles. The number of nitrogens with two attached hydrogens (primary N) is 1. The van der Waals surface area contributed by atoms with Crippen LogP contribution >= 0.6 is 0 Å². The van der Waals surface area contributed by atoms with E-state index in [1.807, 2.05) is 0 Å². The Morgan fingerprint density at radius 3 is 3.00 bits per heavy atom. The first-order valence-corrected chi connectivity index (χ1v) is 2.69. The second-order valence-corrected chi connectivity index (χ2v) is 1.78. The summed E-state index contributed by atoms with van der Waals surface area (Å²) in [5, 5.41) is 8.50. The molecule has 0 aliphatic heterocycles. The molecule has 1 rings (SSSR count). The lowest BCUT2D eigenvalue weighted by atomic mass is 10.5. The van der Waals surface area contributed by atoms with Crippen molar-refractivity contribution in [1.82, 2.24) is 9.97 Å². The van der Waals surface area contributed by atoms with Crippen molar-refractivity contribution in [2.75, 3.05) is 5.73 Å². The van der Waals surface area contributed by atoms with Gasteiger partial charge in [-0.05, 0) is 0 Å². The van der Waals surface area contributed by atoms with Crippen molar-refractivity contribution >= 4 is 5.82 Å². The number of hydrogen-bond acceptors (Lipinski definition) is 4. The van der Waals surface area contributed by atoms with Crippen LogP contribution in [0.4, 0.5) is 5.82 Å². The summed E-state index contributed by atoms with van der Waals surface area (Å²) in [5.74, 6) is 0.304. The number of hydrogen-bond donors (Lipinski definition) is 3. The Hall–Kier alpha value is -1.36. The molecule has 0 fully saturated rings. The molecule has 5 nitrogen and oxygen atoms in total. The topological polar surface area (TPSA) is 92.0 Å². The molecule has 0 radical (unpaired) electrons. The maximum Gasteiger partial charge on any atom is 0.253 e. The number of nitrogens with zero attached hydrogens (tertiary/aromatic N) is 1. The first kappa shape index (κ1) is 6.76. The molecule has 10 heavy (non-hydrogen) atoms. The van der Waals surface area contributed by atoms with Gasteiger partial charge in [-0.15, -0.1) is 0 Å². The number of nitrogens with one attached hydrogen (secondary N) is 1. The quantitative estimate of drug-likeness (QED) is 0.460. The van der Waals surface area contributed by atoms with E-state index in [-0.39, 0.29) is 23.8 Å². The van der Waals surface area contributed by atoms with Crippen molar-refractivity contribution in [3.05, 3.63) is 22.2 Å². The average Bonchev–Trinajstić information content (AvgIpc) is 1.85. The van der Waals surface area contributed by atoms with Crippen LogP contribution in [0.15, 0.2) is 10.9 Å². The van der Waals surface area contributed by atoms with E-state index in [1.165, 1.54) is 0 Å². The molecule has 1 aromatic heterocycles. The van der Waals surface area contributed by atoms with E-state index in [4.69, 9.17) is 10.8 Å². The van der Waals surface area contributed by atoms with Crippen molar-refractivity contribution in [3.8, 4) is 0 Å². The van der Waals surface area contributed by atoms with Gasteiger partial charge in [0.15, 0.2) is 0 Å². The molecule has 5 heteroatoms. The minimum atomic E-state index is -0.350. The first-order valence-electron chi connectivity index (χ1n) is 2.69. The van der Waals surface area contributed by atoms with Crippen LogP contribution < -0.4 is 11.3 Å². The smallest absolute Gasteiger partial charge is 0.253 e. The zero-order valence-electron chi connectivity index (χ0n) is 5.16. The lowest BCUT2D eigenvalue weighted by molar-refractivity contribution is 0.271. The zero-order chi connectivity index (χ0) is 7.56. The van der Waals surface area contributed by atoms with Crippen LogP contribution in [0.3, 0.4) is 0 Å². The number of aliphatic hydroxyl groups is 1. The van der Waals surface area contributed by atoms with Gasteiger partial charge in [-0.1, -0.05) is 0 Å². The van der Waals surface area contributed by atoms with Crippen LogP contribution in [0.2, 0.25) is 0 Å². The van der Waals surface area contributed by atoms with E-state index in [9.17, 15) is 4.79 Å². The minimum absolute atomic E-state index is 0.118. The second-order valence-electron chi connectivity index (χ2n) is 1.78. The Balaban J connectivity index is 3.19. The Labute approximate surface area is 56.5 Å². The minimum Gasteiger partial charge on any atom is -0.388 e. The fourth-order valence-corrected chi connectivity index (χ4v) is 0.604. The molecule has 0 aliphatic rings. The van der Waals surface area contributed by atoms with E-state index in [0.29, 0.717) is 0 Å². The zero-order valence-corrected chi connectivity index (χ0v) is 5.16. The number of rotatable bonds is 1. The van der Waals surface area contributed by atoms with Crippen molar-refractivity contribution < 1.29 is 5.11 Å². The summed E-state index contributed by atoms with van der Waals surface area (Å²) >= 11 is 0. The van der Waals surface area contributed by atoms with Gasteiger partial charge in [0.05, 0.1) is 0 Å². The van der Waals surface area contributed by atoms with Gasteiger partial charge < -0.3 is 15.8 Å². The van der Waals surface area contributed by atoms with E-state index < -0.39 is 0 Å². The molecule has 4 N–H and O–H groups in total. The first-order chi connectivity index (χ1) is 4.72. The molecule has 0 unspecified atom stereocenters. The van der Waals surface area contributed by atoms with Gasteiger partial charge in [0, 0.05) is 6.07 Å². The summed E-state index contributed by atoms with van der Waals surface area (Å²) in [6.07, 6.45) is 0. The molecule has 1 aromatic rings. The number of anilines is 1. The van der Waals surface area contributed by atoms with Crippen LogP contribution in [0, 0.1) is 0 Å². The maximum atomic E-state index is 10.6. The van der Waals surface area contributed by atoms with Crippen LogP contribution in [0.1, 0.15) is 5.82 Å². The van der Waals surface area contributed by atoms with Crippen molar-refractivity contribution in [3.63, 3.8) is 0 Å². The SMILES string of the molecule is Nc1cc(=O)[nH]c(CO)n1. The van der Waals surface area contributed by atoms with Gasteiger partial charge in [0.2, 0.25) is 0 Å². The van der Waals surface area contributed by atoms with E-state index in [0.717, 1.165) is 6.07 Å². The third-order valence-electron chi connectivity index (χ3n) is 0.960. The van der Waals surface area contributed by atoms with Crippen molar-refractivity contribution in [2.45, 2.75) is 6.61 Å². The van der Waals surface area contributed by atoms with Gasteiger partial charge in [-0.25, -0.2) is 4.98 Å². The summed E-state index contributed by atoms with van der Waals surface area (Å²) in [7, 11) is 0. The molecule has 0 saturated heterocycles. The summed E-state index contributed by atoms with van der Waals surface area (Å²) in [6, 6.07) is 1.15. The molecule has 0 aliphatic carbocycles. The van der Waals surface area contributed by atoms with Crippen LogP contribution in [-0.4, -0.2) is 15.1 Å². The number of aliphatic hydroxyl groups excluding tert-OH is 1. The summed E-state index contributed by atoms with van der Waals surface area (Å²) < 4.78 is 0. The summed E-state index contributed by atoms with van der Waals surface area (Å²) in [5.41, 5.74) is 4.84. The lowest BCUT2D eigenvalue weighted by Crippen LogP contribution is -2.11. The van der Waals surface area contributed by atoms with E-state index >= 15 is 0 Å². The predicted octanol–water partition coefficient (Wildman–Crippen LogP) is -1.16. The maximum absolute atomic E-state index is 10.6. The van der Waals surface area contributed by atoms with E-state index in [2.05, 4.69) is 9.97 Å². The molecule has 0 aromatic carbocycles. The molecule has 54 valence electrons. The fraction of sp³-hybridized carbons (Fsp3) is 0.200. The van der Waals surface area contributed by atoms with Gasteiger partial charge >= 0.3 is 0 Å². The van der Waals surface area contributed by atoms with Crippen LogP contribution in [0.5, 0.6) is 0 Å². The van der Waals surface area contributed by atoms with E-state index in [1.54, 1.807) is 0 Å². The standard InChI is InChI=1S/C5H7N3O2/c6-3-1-5(10)8-4(2-9)7-3/h1,9H,2H2,(H3,6,7,8,10). The highest BCUT2D eigenvalue weighted by atomic mass is 16.3. The summed E-state index contributed by atoms with van der Waals surface area (Å²) in [6.45, 7) is -0.305. The molecule has 0 spiro atoms. The number of H-pyrrole nitrogens is 1. The number of nitrogen functional groups attached to an aromatic ring is 1. The average molecular weight is 141 g/mol.